The van der Waals surface area contributed by atoms with Gasteiger partial charge in [-0.25, -0.2) is 18.4 Å². The number of benzene rings is 1. The van der Waals surface area contributed by atoms with Crippen molar-refractivity contribution in [2.24, 2.45) is 10.9 Å². The second-order valence-electron chi connectivity index (χ2n) is 11.0. The second-order valence-corrected chi connectivity index (χ2v) is 12.5. The third kappa shape index (κ3) is 15.5. The molecule has 0 heterocycles. The molecule has 41 heavy (non-hydrogen) atoms. The van der Waals surface area contributed by atoms with E-state index in [4.69, 9.17) is 10.9 Å². The molecule has 0 aliphatic rings. The van der Waals surface area contributed by atoms with Gasteiger partial charge in [-0.15, -0.1) is 0 Å². The predicted molar refractivity (Wildman–Crippen MR) is 163 cm³/mol. The molecule has 234 valence electrons. The number of carboxylic acids is 1. The molecule has 1 atom stereocenters. The number of carbonyl (C=O) groups is 3. The molecule has 2 amide bonds. The van der Waals surface area contributed by atoms with Crippen molar-refractivity contribution in [3.8, 4) is 0 Å². The van der Waals surface area contributed by atoms with Crippen molar-refractivity contribution in [3.05, 3.63) is 29.8 Å². The maximum absolute atomic E-state index is 13.3. The van der Waals surface area contributed by atoms with Gasteiger partial charge in [0.15, 0.2) is 0 Å². The monoisotopic (exact) mass is 595 g/mol. The van der Waals surface area contributed by atoms with Gasteiger partial charge < -0.3 is 10.8 Å². The SMILES string of the molecule is CCCCCCCCCCCCCCCCCC(=O)N(C(=O)c1ccc(S(N)(=O)=O)cc1)[C@@H](CCCCN)C(=O)O. The first kappa shape index (κ1) is 36.7. The van der Waals surface area contributed by atoms with E-state index in [2.05, 4.69) is 6.92 Å². The fourth-order valence-corrected chi connectivity index (χ4v) is 5.48. The number of aliphatic carboxylic acids is 1. The molecule has 0 unspecified atom stereocenters. The molecule has 0 bridgehead atoms. The molecular formula is C31H53N3O6S. The van der Waals surface area contributed by atoms with Crippen LogP contribution in [0, 0.1) is 0 Å². The van der Waals surface area contributed by atoms with Gasteiger partial charge >= 0.3 is 5.97 Å². The molecule has 0 radical (unpaired) electrons. The van der Waals surface area contributed by atoms with Crippen LogP contribution in [0.25, 0.3) is 0 Å². The Kier molecular flexibility index (Phi) is 19.2. The summed E-state index contributed by atoms with van der Waals surface area (Å²) in [6.45, 7) is 2.62. The van der Waals surface area contributed by atoms with Crippen LogP contribution in [-0.2, 0) is 19.6 Å². The lowest BCUT2D eigenvalue weighted by atomic mass is 10.0. The molecule has 10 heteroatoms. The minimum Gasteiger partial charge on any atom is -0.480 e. The van der Waals surface area contributed by atoms with Crippen LogP contribution < -0.4 is 10.9 Å². The number of nitrogens with two attached hydrogens (primary N) is 2. The summed E-state index contributed by atoms with van der Waals surface area (Å²) in [5.74, 6) is -2.57. The Morgan fingerprint density at radius 3 is 1.63 bits per heavy atom. The zero-order valence-corrected chi connectivity index (χ0v) is 25.8. The molecule has 0 fully saturated rings. The number of primary sulfonamides is 1. The average Bonchev–Trinajstić information content (AvgIpc) is 2.94. The van der Waals surface area contributed by atoms with E-state index in [1.165, 1.54) is 94.9 Å². The zero-order chi connectivity index (χ0) is 30.5. The molecule has 0 aliphatic heterocycles. The van der Waals surface area contributed by atoms with Crippen LogP contribution >= 0.6 is 0 Å². The van der Waals surface area contributed by atoms with E-state index in [1.807, 2.05) is 0 Å². The highest BCUT2D eigenvalue weighted by atomic mass is 32.2. The number of nitrogens with zero attached hydrogens (tertiary/aromatic N) is 1. The fraction of sp³-hybridized carbons (Fsp3) is 0.710. The van der Waals surface area contributed by atoms with E-state index in [9.17, 15) is 27.9 Å². The van der Waals surface area contributed by atoms with E-state index >= 15 is 0 Å². The number of amides is 2. The minimum atomic E-state index is -3.96. The summed E-state index contributed by atoms with van der Waals surface area (Å²) in [5, 5.41) is 15.0. The van der Waals surface area contributed by atoms with E-state index in [0.717, 1.165) is 24.2 Å². The highest BCUT2D eigenvalue weighted by Crippen LogP contribution is 2.19. The van der Waals surface area contributed by atoms with Gasteiger partial charge in [0.25, 0.3) is 5.91 Å². The van der Waals surface area contributed by atoms with Crippen LogP contribution in [0.4, 0.5) is 0 Å². The summed E-state index contributed by atoms with van der Waals surface area (Å²) in [4.78, 5) is 39.3. The van der Waals surface area contributed by atoms with Crippen molar-refractivity contribution in [3.63, 3.8) is 0 Å². The number of hydrogen-bond donors (Lipinski definition) is 3. The Hall–Kier alpha value is -2.30. The average molecular weight is 596 g/mol. The van der Waals surface area contributed by atoms with Crippen molar-refractivity contribution < 1.29 is 27.9 Å². The highest BCUT2D eigenvalue weighted by molar-refractivity contribution is 7.89. The molecule has 0 saturated heterocycles. The molecule has 0 aromatic heterocycles. The number of hydrogen-bond acceptors (Lipinski definition) is 6. The van der Waals surface area contributed by atoms with Gasteiger partial charge in [-0.05, 0) is 56.5 Å². The Balaban J connectivity index is 2.56. The molecule has 0 saturated carbocycles. The van der Waals surface area contributed by atoms with Gasteiger partial charge in [-0.1, -0.05) is 96.8 Å². The van der Waals surface area contributed by atoms with Crippen molar-refractivity contribution in [2.45, 2.75) is 140 Å². The quantitative estimate of drug-likeness (QED) is 0.121. The van der Waals surface area contributed by atoms with Crippen LogP contribution in [0.3, 0.4) is 0 Å². The van der Waals surface area contributed by atoms with Crippen LogP contribution in [0.5, 0.6) is 0 Å². The second kappa shape index (κ2) is 21.4. The largest absolute Gasteiger partial charge is 0.480 e. The molecule has 1 aromatic carbocycles. The van der Waals surface area contributed by atoms with Gasteiger partial charge in [0.2, 0.25) is 15.9 Å². The summed E-state index contributed by atoms with van der Waals surface area (Å²) < 4.78 is 23.1. The molecule has 1 rings (SSSR count). The topological polar surface area (TPSA) is 161 Å². The highest BCUT2D eigenvalue weighted by Gasteiger charge is 2.34. The van der Waals surface area contributed by atoms with Gasteiger partial charge in [0, 0.05) is 12.0 Å². The van der Waals surface area contributed by atoms with E-state index < -0.39 is 33.8 Å². The summed E-state index contributed by atoms with van der Waals surface area (Å²) in [7, 11) is -3.96. The lowest BCUT2D eigenvalue weighted by Gasteiger charge is -2.27. The smallest absolute Gasteiger partial charge is 0.326 e. The molecule has 5 N–H and O–H groups in total. The first-order valence-electron chi connectivity index (χ1n) is 15.6. The lowest BCUT2D eigenvalue weighted by molar-refractivity contribution is -0.148. The van der Waals surface area contributed by atoms with Crippen LogP contribution in [-0.4, -0.2) is 48.8 Å². The molecular weight excluding hydrogens is 542 g/mol. The normalized spacial score (nSPS) is 12.3. The van der Waals surface area contributed by atoms with Crippen molar-refractivity contribution in [1.29, 1.82) is 0 Å². The number of unbranched alkanes of at least 4 members (excludes halogenated alkanes) is 15. The summed E-state index contributed by atoms with van der Waals surface area (Å²) in [6, 6.07) is 3.51. The summed E-state index contributed by atoms with van der Waals surface area (Å²) in [5.41, 5.74) is 5.56. The molecule has 0 aliphatic carbocycles. The summed E-state index contributed by atoms with van der Waals surface area (Å²) in [6.07, 6.45) is 19.0. The first-order valence-corrected chi connectivity index (χ1v) is 17.1. The van der Waals surface area contributed by atoms with Crippen molar-refractivity contribution in [2.75, 3.05) is 6.54 Å². The van der Waals surface area contributed by atoms with Gasteiger partial charge in [0.05, 0.1) is 4.90 Å². The Morgan fingerprint density at radius 1 is 0.756 bits per heavy atom. The first-order chi connectivity index (χ1) is 19.6. The standard InChI is InChI=1S/C31H53N3O6S/c1-2-3-4-5-6-7-8-9-10-11-12-13-14-15-16-20-29(35)34(28(31(37)38)19-17-18-25-32)30(36)26-21-23-27(24-22-26)41(33,39)40/h21-24,28H,2-20,25,32H2,1H3,(H,37,38)(H2,33,39,40)/t28-/m0/s1. The Bertz CT molecular complexity index is 998. The van der Waals surface area contributed by atoms with Crippen LogP contribution in [0.1, 0.15) is 139 Å². The number of carbonyl (C=O) groups excluding carboxylic acids is 2. The number of rotatable bonds is 24. The fourth-order valence-electron chi connectivity index (χ4n) is 4.97. The third-order valence-electron chi connectivity index (χ3n) is 7.44. The zero-order valence-electron chi connectivity index (χ0n) is 25.0. The number of carboxylic acid groups (broad SMARTS) is 1. The van der Waals surface area contributed by atoms with Gasteiger partial charge in [-0.3, -0.25) is 14.5 Å². The maximum Gasteiger partial charge on any atom is 0.326 e. The maximum atomic E-state index is 13.3. The Labute approximate surface area is 247 Å². The number of sulfonamides is 1. The molecule has 1 aromatic rings. The lowest BCUT2D eigenvalue weighted by Crippen LogP contribution is -2.48. The third-order valence-corrected chi connectivity index (χ3v) is 8.37. The van der Waals surface area contributed by atoms with Crippen molar-refractivity contribution >= 4 is 27.8 Å². The van der Waals surface area contributed by atoms with Crippen molar-refractivity contribution in [1.82, 2.24) is 4.90 Å². The Morgan fingerprint density at radius 2 is 1.22 bits per heavy atom. The van der Waals surface area contributed by atoms with E-state index in [-0.39, 0.29) is 23.3 Å². The number of imide groups is 1. The predicted octanol–water partition coefficient (Wildman–Crippen LogP) is 6.15. The van der Waals surface area contributed by atoms with E-state index in [0.29, 0.717) is 25.8 Å². The molecule has 0 spiro atoms. The van der Waals surface area contributed by atoms with E-state index in [1.54, 1.807) is 0 Å². The molecule has 9 nitrogen and oxygen atoms in total. The minimum absolute atomic E-state index is 0.0207. The van der Waals surface area contributed by atoms with Crippen LogP contribution in [0.2, 0.25) is 0 Å². The van der Waals surface area contributed by atoms with Gasteiger partial charge in [-0.2, -0.15) is 0 Å². The summed E-state index contributed by atoms with van der Waals surface area (Å²) >= 11 is 0. The van der Waals surface area contributed by atoms with Crippen LogP contribution in [0.15, 0.2) is 29.2 Å². The van der Waals surface area contributed by atoms with Gasteiger partial charge in [0.1, 0.15) is 6.04 Å².